The Balaban J connectivity index is 0.00000484. The van der Waals surface area contributed by atoms with Gasteiger partial charge >= 0.3 is 0 Å². The number of hydrogen-bond acceptors (Lipinski definition) is 3. The molecule has 1 rings (SSSR count). The van der Waals surface area contributed by atoms with E-state index in [9.17, 15) is 8.42 Å². The molecule has 138 valence electrons. The SMILES string of the molecule is CCC1(CNC(=NC)NCC(C)(C)CCS(C)(=O)=O)CCC1.I. The first kappa shape index (κ1) is 22.9. The number of nitrogens with zero attached hydrogens (tertiary/aromatic N) is 1. The molecule has 0 heterocycles. The Labute approximate surface area is 159 Å². The van der Waals surface area contributed by atoms with Crippen LogP contribution in [0.4, 0.5) is 0 Å². The fraction of sp³-hybridized carbons (Fsp3) is 0.938. The first-order chi connectivity index (χ1) is 10.1. The van der Waals surface area contributed by atoms with Crippen molar-refractivity contribution in [3.63, 3.8) is 0 Å². The Bertz CT molecular complexity index is 480. The average molecular weight is 459 g/mol. The van der Waals surface area contributed by atoms with E-state index in [1.54, 1.807) is 7.05 Å². The van der Waals surface area contributed by atoms with Crippen LogP contribution in [0.3, 0.4) is 0 Å². The highest BCUT2D eigenvalue weighted by Gasteiger charge is 2.35. The average Bonchev–Trinajstić information content (AvgIpc) is 2.38. The van der Waals surface area contributed by atoms with Crippen molar-refractivity contribution in [1.82, 2.24) is 10.6 Å². The highest BCUT2D eigenvalue weighted by Crippen LogP contribution is 2.42. The summed E-state index contributed by atoms with van der Waals surface area (Å²) in [7, 11) is -1.13. The molecular weight excluding hydrogens is 425 g/mol. The maximum Gasteiger partial charge on any atom is 0.191 e. The second kappa shape index (κ2) is 9.44. The summed E-state index contributed by atoms with van der Waals surface area (Å²) in [5, 5.41) is 6.76. The molecule has 2 N–H and O–H groups in total. The van der Waals surface area contributed by atoms with Crippen LogP contribution in [0.1, 0.15) is 52.9 Å². The molecular formula is C16H34IN3O2S. The molecule has 0 atom stereocenters. The topological polar surface area (TPSA) is 70.6 Å². The van der Waals surface area contributed by atoms with E-state index in [4.69, 9.17) is 0 Å². The minimum Gasteiger partial charge on any atom is -0.356 e. The first-order valence-electron chi connectivity index (χ1n) is 8.24. The summed E-state index contributed by atoms with van der Waals surface area (Å²) in [6.45, 7) is 8.09. The molecule has 1 aliphatic rings. The van der Waals surface area contributed by atoms with E-state index < -0.39 is 9.84 Å². The second-order valence-corrected chi connectivity index (χ2v) is 9.79. The van der Waals surface area contributed by atoms with Crippen LogP contribution in [0.15, 0.2) is 4.99 Å². The molecule has 0 saturated heterocycles. The standard InChI is InChI=1S/C16H33N3O2S.HI/c1-6-16(8-7-9-16)13-19-14(17-4)18-12-15(2,3)10-11-22(5,20)21;/h6-13H2,1-5H3,(H2,17,18,19);1H. The highest BCUT2D eigenvalue weighted by atomic mass is 127. The number of halogens is 1. The molecule has 0 aromatic rings. The zero-order chi connectivity index (χ0) is 16.9. The van der Waals surface area contributed by atoms with Gasteiger partial charge in [0.25, 0.3) is 0 Å². The molecule has 0 aromatic carbocycles. The van der Waals surface area contributed by atoms with Gasteiger partial charge in [-0.15, -0.1) is 24.0 Å². The third kappa shape index (κ3) is 8.56. The zero-order valence-corrected chi connectivity index (χ0v) is 18.4. The van der Waals surface area contributed by atoms with Gasteiger partial charge in [-0.05, 0) is 36.5 Å². The summed E-state index contributed by atoms with van der Waals surface area (Å²) in [4.78, 5) is 4.27. The predicted octanol–water partition coefficient (Wildman–Crippen LogP) is 2.81. The van der Waals surface area contributed by atoms with Gasteiger partial charge in [-0.2, -0.15) is 0 Å². The van der Waals surface area contributed by atoms with Gasteiger partial charge in [0.1, 0.15) is 9.84 Å². The number of sulfone groups is 1. The lowest BCUT2D eigenvalue weighted by Crippen LogP contribution is -2.48. The molecule has 0 amide bonds. The summed E-state index contributed by atoms with van der Waals surface area (Å²) in [5.74, 6) is 1.04. The van der Waals surface area contributed by atoms with Crippen LogP contribution < -0.4 is 10.6 Å². The quantitative estimate of drug-likeness (QED) is 0.333. The van der Waals surface area contributed by atoms with E-state index in [0.29, 0.717) is 18.4 Å². The minimum absolute atomic E-state index is 0. The third-order valence-corrected chi connectivity index (χ3v) is 5.85. The molecule has 0 aromatic heterocycles. The number of guanidine groups is 1. The Hall–Kier alpha value is -0.0500. The van der Waals surface area contributed by atoms with Gasteiger partial charge in [0.05, 0.1) is 5.75 Å². The Morgan fingerprint density at radius 3 is 2.26 bits per heavy atom. The van der Waals surface area contributed by atoms with E-state index in [1.165, 1.54) is 31.9 Å². The van der Waals surface area contributed by atoms with Crippen LogP contribution >= 0.6 is 24.0 Å². The van der Waals surface area contributed by atoms with Crippen molar-refractivity contribution in [3.8, 4) is 0 Å². The van der Waals surface area contributed by atoms with Crippen LogP contribution in [0, 0.1) is 10.8 Å². The van der Waals surface area contributed by atoms with Gasteiger partial charge in [0.2, 0.25) is 0 Å². The highest BCUT2D eigenvalue weighted by molar-refractivity contribution is 14.0. The van der Waals surface area contributed by atoms with E-state index in [1.807, 2.05) is 0 Å². The summed E-state index contributed by atoms with van der Waals surface area (Å²) in [6, 6.07) is 0. The first-order valence-corrected chi connectivity index (χ1v) is 10.3. The Morgan fingerprint density at radius 2 is 1.87 bits per heavy atom. The van der Waals surface area contributed by atoms with Gasteiger partial charge in [0, 0.05) is 26.4 Å². The molecule has 0 bridgehead atoms. The lowest BCUT2D eigenvalue weighted by Gasteiger charge is -2.41. The second-order valence-electron chi connectivity index (χ2n) is 7.53. The largest absolute Gasteiger partial charge is 0.356 e. The monoisotopic (exact) mass is 459 g/mol. The summed E-state index contributed by atoms with van der Waals surface area (Å²) in [6.07, 6.45) is 7.08. The van der Waals surface area contributed by atoms with Gasteiger partial charge in [-0.3, -0.25) is 4.99 Å². The summed E-state index contributed by atoms with van der Waals surface area (Å²) < 4.78 is 22.6. The minimum atomic E-state index is -2.90. The molecule has 23 heavy (non-hydrogen) atoms. The molecule has 5 nitrogen and oxygen atoms in total. The van der Waals surface area contributed by atoms with Gasteiger partial charge in [-0.1, -0.05) is 27.2 Å². The normalized spacial score (nSPS) is 17.9. The van der Waals surface area contributed by atoms with Crippen LogP contribution in [0.5, 0.6) is 0 Å². The Morgan fingerprint density at radius 1 is 1.26 bits per heavy atom. The van der Waals surface area contributed by atoms with Crippen molar-refractivity contribution in [2.24, 2.45) is 15.8 Å². The van der Waals surface area contributed by atoms with E-state index in [-0.39, 0.29) is 35.1 Å². The van der Waals surface area contributed by atoms with Crippen LogP contribution in [0.25, 0.3) is 0 Å². The van der Waals surface area contributed by atoms with Crippen LogP contribution in [0.2, 0.25) is 0 Å². The van der Waals surface area contributed by atoms with Gasteiger partial charge in [0.15, 0.2) is 5.96 Å². The lowest BCUT2D eigenvalue weighted by molar-refractivity contribution is 0.131. The predicted molar refractivity (Wildman–Crippen MR) is 109 cm³/mol. The van der Waals surface area contributed by atoms with Crippen molar-refractivity contribution in [3.05, 3.63) is 0 Å². The zero-order valence-electron chi connectivity index (χ0n) is 15.2. The van der Waals surface area contributed by atoms with E-state index in [0.717, 1.165) is 12.5 Å². The molecule has 0 unspecified atom stereocenters. The van der Waals surface area contributed by atoms with Gasteiger partial charge < -0.3 is 10.6 Å². The number of nitrogens with one attached hydrogen (secondary N) is 2. The number of aliphatic imine (C=N–C) groups is 1. The van der Waals surface area contributed by atoms with E-state index in [2.05, 4.69) is 36.4 Å². The number of hydrogen-bond donors (Lipinski definition) is 2. The fourth-order valence-corrected chi connectivity index (χ4v) is 3.62. The maximum absolute atomic E-state index is 11.3. The third-order valence-electron chi connectivity index (χ3n) is 4.90. The van der Waals surface area contributed by atoms with Crippen molar-refractivity contribution < 1.29 is 8.42 Å². The molecule has 1 fully saturated rings. The van der Waals surface area contributed by atoms with Crippen molar-refractivity contribution in [2.45, 2.75) is 52.9 Å². The molecule has 7 heteroatoms. The maximum atomic E-state index is 11.3. The van der Waals surface area contributed by atoms with Crippen molar-refractivity contribution >= 4 is 39.8 Å². The summed E-state index contributed by atoms with van der Waals surface area (Å²) >= 11 is 0. The van der Waals surface area contributed by atoms with Crippen molar-refractivity contribution in [2.75, 3.05) is 32.1 Å². The molecule has 0 aliphatic heterocycles. The fourth-order valence-electron chi connectivity index (χ4n) is 2.70. The Kier molecular flexibility index (Phi) is 9.42. The molecule has 1 aliphatic carbocycles. The molecule has 0 radical (unpaired) electrons. The smallest absolute Gasteiger partial charge is 0.191 e. The van der Waals surface area contributed by atoms with Crippen LogP contribution in [-0.2, 0) is 9.84 Å². The molecule has 0 spiro atoms. The summed E-state index contributed by atoms with van der Waals surface area (Å²) in [5.41, 5.74) is 0.364. The number of rotatable bonds is 8. The van der Waals surface area contributed by atoms with Crippen molar-refractivity contribution in [1.29, 1.82) is 0 Å². The van der Waals surface area contributed by atoms with E-state index >= 15 is 0 Å². The molecule has 1 saturated carbocycles. The van der Waals surface area contributed by atoms with Crippen LogP contribution in [-0.4, -0.2) is 46.5 Å². The lowest BCUT2D eigenvalue weighted by atomic mass is 9.67. The van der Waals surface area contributed by atoms with Gasteiger partial charge in [-0.25, -0.2) is 8.42 Å².